The van der Waals surface area contributed by atoms with E-state index in [1.807, 2.05) is 13.0 Å². The van der Waals surface area contributed by atoms with Crippen molar-refractivity contribution < 1.29 is 14.3 Å². The van der Waals surface area contributed by atoms with Gasteiger partial charge in [-0.3, -0.25) is 4.79 Å². The molecular formula is C23H28N6O3. The number of fused-ring (bicyclic) bond motifs is 1. The summed E-state index contributed by atoms with van der Waals surface area (Å²) >= 11 is 0. The van der Waals surface area contributed by atoms with Crippen molar-refractivity contribution in [3.63, 3.8) is 0 Å². The highest BCUT2D eigenvalue weighted by Crippen LogP contribution is 2.31. The summed E-state index contributed by atoms with van der Waals surface area (Å²) in [4.78, 5) is 28.5. The van der Waals surface area contributed by atoms with Gasteiger partial charge in [0.2, 0.25) is 5.88 Å². The number of carbonyl (C=O) groups is 1. The highest BCUT2D eigenvalue weighted by atomic mass is 16.5. The second kappa shape index (κ2) is 9.35. The first-order chi connectivity index (χ1) is 15.5. The largest absolute Gasteiger partial charge is 0.478 e. The third-order valence-corrected chi connectivity index (χ3v) is 5.32. The lowest BCUT2D eigenvalue weighted by Crippen LogP contribution is -2.54. The second-order valence-corrected chi connectivity index (χ2v) is 7.90. The van der Waals surface area contributed by atoms with Crippen LogP contribution in [-0.2, 0) is 0 Å². The van der Waals surface area contributed by atoms with Crippen molar-refractivity contribution in [2.75, 3.05) is 37.0 Å². The first-order valence-corrected chi connectivity index (χ1v) is 10.7. The Morgan fingerprint density at radius 2 is 1.94 bits per heavy atom. The average Bonchev–Trinajstić information content (AvgIpc) is 2.78. The first kappa shape index (κ1) is 21.8. The molecule has 2 atom stereocenters. The fourth-order valence-corrected chi connectivity index (χ4v) is 4.06. The molecule has 0 bridgehead atoms. The molecule has 2 aromatic heterocycles. The molecule has 2 N–H and O–H groups in total. The molecule has 3 aromatic rings. The number of hydrogen-bond acceptors (Lipinski definition) is 8. The van der Waals surface area contributed by atoms with Gasteiger partial charge in [0, 0.05) is 48.5 Å². The Morgan fingerprint density at radius 1 is 1.16 bits per heavy atom. The molecule has 0 radical (unpaired) electrons. The van der Waals surface area contributed by atoms with E-state index in [-0.39, 0.29) is 11.9 Å². The molecule has 1 amide bonds. The van der Waals surface area contributed by atoms with E-state index in [9.17, 15) is 4.79 Å². The number of rotatable bonds is 6. The molecule has 3 heterocycles. The Balaban J connectivity index is 1.69. The van der Waals surface area contributed by atoms with Gasteiger partial charge in [-0.15, -0.1) is 0 Å². The Kier molecular flexibility index (Phi) is 6.36. The Bertz CT molecular complexity index is 1090. The number of amides is 1. The van der Waals surface area contributed by atoms with Crippen molar-refractivity contribution in [3.8, 4) is 11.9 Å². The summed E-state index contributed by atoms with van der Waals surface area (Å²) in [6, 6.07) is 8.16. The number of ether oxygens (including phenoxy) is 2. The molecule has 0 unspecified atom stereocenters. The van der Waals surface area contributed by atoms with Crippen molar-refractivity contribution in [2.24, 2.45) is 0 Å². The van der Waals surface area contributed by atoms with Gasteiger partial charge in [0.05, 0.1) is 36.7 Å². The molecule has 1 aliphatic heterocycles. The van der Waals surface area contributed by atoms with E-state index in [4.69, 9.17) is 9.47 Å². The SMILES string of the molecule is CCOc1ccc(NC(=O)c2ccc(N3C[C@@H](C)N[C@H](C)C3)c3cnc(OC)nc23)cn1. The van der Waals surface area contributed by atoms with E-state index >= 15 is 0 Å². The third kappa shape index (κ3) is 4.57. The van der Waals surface area contributed by atoms with Crippen LogP contribution >= 0.6 is 0 Å². The number of pyridine rings is 1. The lowest BCUT2D eigenvalue weighted by atomic mass is 10.0. The summed E-state index contributed by atoms with van der Waals surface area (Å²) in [5, 5.41) is 7.24. The zero-order chi connectivity index (χ0) is 22.7. The van der Waals surface area contributed by atoms with Crippen molar-refractivity contribution >= 4 is 28.2 Å². The topological polar surface area (TPSA) is 102 Å². The molecule has 0 aliphatic carbocycles. The minimum Gasteiger partial charge on any atom is -0.478 e. The number of carbonyl (C=O) groups excluding carboxylic acids is 1. The maximum Gasteiger partial charge on any atom is 0.316 e. The predicted molar refractivity (Wildman–Crippen MR) is 124 cm³/mol. The Morgan fingerprint density at radius 3 is 2.59 bits per heavy atom. The molecule has 168 valence electrons. The molecule has 9 nitrogen and oxygen atoms in total. The van der Waals surface area contributed by atoms with Gasteiger partial charge in [0.1, 0.15) is 0 Å². The molecule has 1 fully saturated rings. The summed E-state index contributed by atoms with van der Waals surface area (Å²) in [5.74, 6) is 0.229. The van der Waals surface area contributed by atoms with Gasteiger partial charge in [-0.05, 0) is 39.0 Å². The van der Waals surface area contributed by atoms with Gasteiger partial charge >= 0.3 is 6.01 Å². The number of hydrogen-bond donors (Lipinski definition) is 2. The molecule has 1 aliphatic rings. The zero-order valence-electron chi connectivity index (χ0n) is 18.8. The van der Waals surface area contributed by atoms with E-state index < -0.39 is 0 Å². The van der Waals surface area contributed by atoms with Crippen molar-refractivity contribution in [1.82, 2.24) is 20.3 Å². The third-order valence-electron chi connectivity index (χ3n) is 5.32. The van der Waals surface area contributed by atoms with Crippen LogP contribution < -0.4 is 25.0 Å². The van der Waals surface area contributed by atoms with Gasteiger partial charge in [0.25, 0.3) is 5.91 Å². The normalized spacial score (nSPS) is 18.4. The van der Waals surface area contributed by atoms with Gasteiger partial charge in [0.15, 0.2) is 0 Å². The number of methoxy groups -OCH3 is 1. The highest BCUT2D eigenvalue weighted by molar-refractivity contribution is 6.13. The second-order valence-electron chi connectivity index (χ2n) is 7.90. The van der Waals surface area contributed by atoms with E-state index in [1.165, 1.54) is 7.11 Å². The molecular weight excluding hydrogens is 408 g/mol. The van der Waals surface area contributed by atoms with Gasteiger partial charge in [-0.1, -0.05) is 0 Å². The summed E-state index contributed by atoms with van der Waals surface area (Å²) in [7, 11) is 1.51. The van der Waals surface area contributed by atoms with Crippen molar-refractivity contribution in [2.45, 2.75) is 32.9 Å². The van der Waals surface area contributed by atoms with Crippen LogP contribution in [0.5, 0.6) is 11.9 Å². The number of nitrogens with one attached hydrogen (secondary N) is 2. The van der Waals surface area contributed by atoms with Gasteiger partial charge < -0.3 is 25.0 Å². The Labute approximate surface area is 187 Å². The van der Waals surface area contributed by atoms with E-state index in [0.29, 0.717) is 41.3 Å². The molecule has 1 saturated heterocycles. The minimum absolute atomic E-state index is 0.216. The number of piperazine rings is 1. The van der Waals surface area contributed by atoms with Crippen LogP contribution in [0.4, 0.5) is 11.4 Å². The fourth-order valence-electron chi connectivity index (χ4n) is 4.06. The van der Waals surface area contributed by atoms with E-state index in [2.05, 4.69) is 44.3 Å². The zero-order valence-corrected chi connectivity index (χ0v) is 18.8. The monoisotopic (exact) mass is 436 g/mol. The summed E-state index contributed by atoms with van der Waals surface area (Å²) in [5.41, 5.74) is 2.56. The standard InChI is InChI=1S/C23H28N6O3/c1-5-32-20-9-6-16(10-24-20)27-22(30)17-7-8-19(29-12-14(2)26-15(3)13-29)18-11-25-23(31-4)28-21(17)18/h6-11,14-15,26H,5,12-13H2,1-4H3,(H,27,30)/t14-,15-/m1/s1. The highest BCUT2D eigenvalue weighted by Gasteiger charge is 2.24. The first-order valence-electron chi connectivity index (χ1n) is 10.7. The van der Waals surface area contributed by atoms with Crippen molar-refractivity contribution in [1.29, 1.82) is 0 Å². The van der Waals surface area contributed by atoms with Crippen LogP contribution in [-0.4, -0.2) is 59.7 Å². The lowest BCUT2D eigenvalue weighted by Gasteiger charge is -2.38. The smallest absolute Gasteiger partial charge is 0.316 e. The van der Waals surface area contributed by atoms with Gasteiger partial charge in [-0.25, -0.2) is 9.97 Å². The molecule has 1 aromatic carbocycles. The number of aromatic nitrogens is 3. The van der Waals surface area contributed by atoms with Crippen LogP contribution in [0.15, 0.2) is 36.7 Å². The van der Waals surface area contributed by atoms with Crippen LogP contribution in [0, 0.1) is 0 Å². The van der Waals surface area contributed by atoms with E-state index in [1.54, 1.807) is 30.6 Å². The number of anilines is 2. The molecule has 4 rings (SSSR count). The molecule has 0 spiro atoms. The van der Waals surface area contributed by atoms with Crippen LogP contribution in [0.2, 0.25) is 0 Å². The predicted octanol–water partition coefficient (Wildman–Crippen LogP) is 2.87. The maximum atomic E-state index is 13.1. The average molecular weight is 437 g/mol. The molecule has 32 heavy (non-hydrogen) atoms. The van der Waals surface area contributed by atoms with Crippen LogP contribution in [0.25, 0.3) is 10.9 Å². The van der Waals surface area contributed by atoms with Crippen LogP contribution in [0.1, 0.15) is 31.1 Å². The quantitative estimate of drug-likeness (QED) is 0.608. The van der Waals surface area contributed by atoms with Crippen molar-refractivity contribution in [3.05, 3.63) is 42.2 Å². The Hall–Kier alpha value is -3.46. The summed E-state index contributed by atoms with van der Waals surface area (Å²) in [6.07, 6.45) is 3.29. The van der Waals surface area contributed by atoms with E-state index in [0.717, 1.165) is 24.2 Å². The fraction of sp³-hybridized carbons (Fsp3) is 0.391. The lowest BCUT2D eigenvalue weighted by molar-refractivity contribution is 0.102. The summed E-state index contributed by atoms with van der Waals surface area (Å²) < 4.78 is 10.6. The van der Waals surface area contributed by atoms with Gasteiger partial charge in [-0.2, -0.15) is 4.98 Å². The minimum atomic E-state index is -0.282. The summed E-state index contributed by atoms with van der Waals surface area (Å²) in [6.45, 7) is 8.46. The number of nitrogens with zero attached hydrogens (tertiary/aromatic N) is 4. The van der Waals surface area contributed by atoms with Crippen LogP contribution in [0.3, 0.4) is 0 Å². The molecule has 0 saturated carbocycles. The molecule has 9 heteroatoms. The maximum absolute atomic E-state index is 13.1. The number of benzene rings is 1.